The van der Waals surface area contributed by atoms with Crippen LogP contribution in [0, 0.1) is 0 Å². The zero-order chi connectivity index (χ0) is 23.9. The number of nitrogens with zero attached hydrogens (tertiary/aromatic N) is 5. The molecule has 3 aromatic heterocycles. The Hall–Kier alpha value is -3.46. The zero-order valence-electron chi connectivity index (χ0n) is 20.0. The normalized spacial score (nSPS) is 17.4. The maximum absolute atomic E-state index is 13.5. The van der Waals surface area contributed by atoms with Crippen LogP contribution in [0.4, 0.5) is 11.6 Å². The molecule has 0 aliphatic carbocycles. The van der Waals surface area contributed by atoms with E-state index in [0.717, 1.165) is 42.8 Å². The molecule has 5 heterocycles. The van der Waals surface area contributed by atoms with Gasteiger partial charge in [0.15, 0.2) is 0 Å². The summed E-state index contributed by atoms with van der Waals surface area (Å²) in [5, 5.41) is 7.18. The highest BCUT2D eigenvalue weighted by Gasteiger charge is 2.34. The van der Waals surface area contributed by atoms with Crippen LogP contribution < -0.4 is 15.0 Å². The van der Waals surface area contributed by atoms with Gasteiger partial charge in [0.2, 0.25) is 5.88 Å². The SMILES string of the molecule is COC1CCN(c2nc3c(cc2C(=O)Nc2cccc(-c4cnn(C)c4)n2)CC(C)(C)O3)CC1. The van der Waals surface area contributed by atoms with Gasteiger partial charge in [0.05, 0.1) is 23.6 Å². The highest BCUT2D eigenvalue weighted by atomic mass is 16.5. The molecule has 1 N–H and O–H groups in total. The highest BCUT2D eigenvalue weighted by molar-refractivity contribution is 6.07. The molecule has 2 aliphatic heterocycles. The molecule has 1 saturated heterocycles. The van der Waals surface area contributed by atoms with E-state index in [2.05, 4.69) is 20.3 Å². The van der Waals surface area contributed by atoms with Gasteiger partial charge < -0.3 is 19.7 Å². The topological polar surface area (TPSA) is 94.4 Å². The fourth-order valence-corrected chi connectivity index (χ4v) is 4.61. The zero-order valence-corrected chi connectivity index (χ0v) is 20.0. The van der Waals surface area contributed by atoms with Crippen LogP contribution in [0.2, 0.25) is 0 Å². The van der Waals surface area contributed by atoms with Crippen LogP contribution in [0.1, 0.15) is 42.6 Å². The van der Waals surface area contributed by atoms with Crippen molar-refractivity contribution in [3.8, 4) is 17.1 Å². The summed E-state index contributed by atoms with van der Waals surface area (Å²) in [6, 6.07) is 7.48. The molecular weight excluding hydrogens is 432 g/mol. The molecule has 1 fully saturated rings. The molecular formula is C25H30N6O3. The molecule has 3 aromatic rings. The van der Waals surface area contributed by atoms with E-state index in [0.29, 0.717) is 29.5 Å². The van der Waals surface area contributed by atoms with Gasteiger partial charge >= 0.3 is 0 Å². The Kier molecular flexibility index (Phi) is 5.73. The molecule has 0 atom stereocenters. The lowest BCUT2D eigenvalue weighted by Gasteiger charge is -2.33. The van der Waals surface area contributed by atoms with Gasteiger partial charge in [-0.3, -0.25) is 9.48 Å². The summed E-state index contributed by atoms with van der Waals surface area (Å²) in [5.74, 6) is 1.50. The van der Waals surface area contributed by atoms with E-state index >= 15 is 0 Å². The first-order valence-corrected chi connectivity index (χ1v) is 11.6. The van der Waals surface area contributed by atoms with E-state index in [1.54, 1.807) is 24.1 Å². The van der Waals surface area contributed by atoms with Crippen LogP contribution in [-0.2, 0) is 18.2 Å². The Balaban J connectivity index is 1.45. The molecule has 9 nitrogen and oxygen atoms in total. The number of nitrogens with one attached hydrogen (secondary N) is 1. The number of piperidine rings is 1. The summed E-state index contributed by atoms with van der Waals surface area (Å²) in [7, 11) is 3.60. The number of methoxy groups -OCH3 is 1. The van der Waals surface area contributed by atoms with E-state index in [-0.39, 0.29) is 17.6 Å². The predicted molar refractivity (Wildman–Crippen MR) is 129 cm³/mol. The van der Waals surface area contributed by atoms with E-state index in [1.165, 1.54) is 0 Å². The lowest BCUT2D eigenvalue weighted by molar-refractivity contribution is 0.0817. The lowest BCUT2D eigenvalue weighted by atomic mass is 10.0. The number of rotatable bonds is 5. The standard InChI is InChI=1S/C25H30N6O3/c1-25(2)13-16-12-19(22(29-24(16)34-25)31-10-8-18(33-4)9-11-31)23(32)28-21-7-5-6-20(27-21)17-14-26-30(3)15-17/h5-7,12,14-15,18H,8-11,13H2,1-4H3,(H,27,28,32). The van der Waals surface area contributed by atoms with Gasteiger partial charge in [-0.1, -0.05) is 6.07 Å². The Morgan fingerprint density at radius 2 is 2.03 bits per heavy atom. The molecule has 34 heavy (non-hydrogen) atoms. The second-order valence-corrected chi connectivity index (χ2v) is 9.55. The smallest absolute Gasteiger partial charge is 0.260 e. The van der Waals surface area contributed by atoms with E-state index in [4.69, 9.17) is 14.5 Å². The molecule has 1 amide bonds. The summed E-state index contributed by atoms with van der Waals surface area (Å²) in [4.78, 5) is 25.1. The van der Waals surface area contributed by atoms with Crippen molar-refractivity contribution in [1.82, 2.24) is 19.7 Å². The number of pyridine rings is 2. The summed E-state index contributed by atoms with van der Waals surface area (Å²) >= 11 is 0. The number of fused-ring (bicyclic) bond motifs is 1. The van der Waals surface area contributed by atoms with Crippen LogP contribution in [0.3, 0.4) is 0 Å². The summed E-state index contributed by atoms with van der Waals surface area (Å²) in [5.41, 5.74) is 2.77. The van der Waals surface area contributed by atoms with Crippen molar-refractivity contribution in [2.24, 2.45) is 7.05 Å². The van der Waals surface area contributed by atoms with Gasteiger partial charge in [-0.15, -0.1) is 0 Å². The average Bonchev–Trinajstić information content (AvgIpc) is 3.39. The molecule has 0 radical (unpaired) electrons. The molecule has 0 aromatic carbocycles. The third-order valence-electron chi connectivity index (χ3n) is 6.34. The maximum atomic E-state index is 13.5. The van der Waals surface area contributed by atoms with Crippen molar-refractivity contribution < 1.29 is 14.3 Å². The van der Waals surface area contributed by atoms with Gasteiger partial charge in [0, 0.05) is 51.0 Å². The van der Waals surface area contributed by atoms with Crippen molar-refractivity contribution in [2.75, 3.05) is 30.4 Å². The molecule has 9 heteroatoms. The molecule has 0 bridgehead atoms. The summed E-state index contributed by atoms with van der Waals surface area (Å²) in [6.45, 7) is 5.60. The number of ether oxygens (including phenoxy) is 2. The van der Waals surface area contributed by atoms with Crippen LogP contribution in [0.5, 0.6) is 5.88 Å². The van der Waals surface area contributed by atoms with Crippen LogP contribution >= 0.6 is 0 Å². The molecule has 0 saturated carbocycles. The third-order valence-corrected chi connectivity index (χ3v) is 6.34. The number of aromatic nitrogens is 4. The minimum absolute atomic E-state index is 0.234. The molecule has 0 unspecified atom stereocenters. The number of anilines is 2. The first-order chi connectivity index (χ1) is 16.3. The van der Waals surface area contributed by atoms with Crippen molar-refractivity contribution in [3.05, 3.63) is 47.8 Å². The Labute approximate surface area is 199 Å². The Morgan fingerprint density at radius 1 is 1.24 bits per heavy atom. The number of hydrogen-bond acceptors (Lipinski definition) is 7. The molecule has 178 valence electrons. The van der Waals surface area contributed by atoms with Crippen molar-refractivity contribution >= 4 is 17.5 Å². The molecule has 5 rings (SSSR count). The predicted octanol–water partition coefficient (Wildman–Crippen LogP) is 3.46. The van der Waals surface area contributed by atoms with Gasteiger partial charge in [-0.2, -0.15) is 10.1 Å². The van der Waals surface area contributed by atoms with Gasteiger partial charge in [0.1, 0.15) is 17.2 Å². The van der Waals surface area contributed by atoms with Gasteiger partial charge in [-0.05, 0) is 44.9 Å². The number of aryl methyl sites for hydroxylation is 1. The fourth-order valence-electron chi connectivity index (χ4n) is 4.61. The van der Waals surface area contributed by atoms with Crippen LogP contribution in [0.25, 0.3) is 11.3 Å². The first-order valence-electron chi connectivity index (χ1n) is 11.6. The minimum Gasteiger partial charge on any atom is -0.471 e. The molecule has 0 spiro atoms. The van der Waals surface area contributed by atoms with E-state index in [9.17, 15) is 4.79 Å². The molecule has 2 aliphatic rings. The largest absolute Gasteiger partial charge is 0.471 e. The Bertz CT molecular complexity index is 1210. The average molecular weight is 463 g/mol. The van der Waals surface area contributed by atoms with Crippen LogP contribution in [-0.4, -0.2) is 57.6 Å². The maximum Gasteiger partial charge on any atom is 0.260 e. The number of carbonyl (C=O) groups excluding carboxylic acids is 1. The fraction of sp³-hybridized carbons (Fsp3) is 0.440. The van der Waals surface area contributed by atoms with Crippen LogP contribution in [0.15, 0.2) is 36.7 Å². The monoisotopic (exact) mass is 462 g/mol. The Morgan fingerprint density at radius 3 is 2.74 bits per heavy atom. The van der Waals surface area contributed by atoms with E-state index in [1.807, 2.05) is 45.3 Å². The second-order valence-electron chi connectivity index (χ2n) is 9.55. The third kappa shape index (κ3) is 4.48. The highest BCUT2D eigenvalue weighted by Crippen LogP contribution is 2.37. The quantitative estimate of drug-likeness (QED) is 0.621. The van der Waals surface area contributed by atoms with Crippen molar-refractivity contribution in [3.63, 3.8) is 0 Å². The minimum atomic E-state index is -0.343. The number of hydrogen-bond donors (Lipinski definition) is 1. The second kappa shape index (κ2) is 8.72. The van der Waals surface area contributed by atoms with Gasteiger partial charge in [-0.25, -0.2) is 4.98 Å². The van der Waals surface area contributed by atoms with Crippen molar-refractivity contribution in [1.29, 1.82) is 0 Å². The van der Waals surface area contributed by atoms with E-state index < -0.39 is 0 Å². The summed E-state index contributed by atoms with van der Waals surface area (Å²) in [6.07, 6.45) is 6.35. The number of carbonyl (C=O) groups is 1. The number of amides is 1. The summed E-state index contributed by atoms with van der Waals surface area (Å²) < 4.78 is 13.3. The van der Waals surface area contributed by atoms with Crippen molar-refractivity contribution in [2.45, 2.75) is 44.8 Å². The first kappa shape index (κ1) is 22.3. The lowest BCUT2D eigenvalue weighted by Crippen LogP contribution is -2.38. The van der Waals surface area contributed by atoms with Gasteiger partial charge in [0.25, 0.3) is 5.91 Å².